The van der Waals surface area contributed by atoms with E-state index in [0.29, 0.717) is 12.2 Å². The number of ketones is 1. The molecule has 118 valence electrons. The van der Waals surface area contributed by atoms with Crippen LogP contribution in [0, 0.1) is 0 Å². The molecule has 0 saturated heterocycles. The van der Waals surface area contributed by atoms with Crippen LogP contribution < -0.4 is 5.73 Å². The molecule has 0 saturated carbocycles. The molecular formula is C19H31NO. The number of nitrogens with two attached hydrogens (primary N) is 1. The van der Waals surface area contributed by atoms with Gasteiger partial charge in [0.05, 0.1) is 0 Å². The van der Waals surface area contributed by atoms with Crippen molar-refractivity contribution in [2.75, 3.05) is 0 Å². The summed E-state index contributed by atoms with van der Waals surface area (Å²) >= 11 is 0. The molecule has 0 aliphatic rings. The molecule has 0 spiro atoms. The highest BCUT2D eigenvalue weighted by Gasteiger charge is 2.08. The number of hydrogen-bond acceptors (Lipinski definition) is 2. The van der Waals surface area contributed by atoms with E-state index in [4.69, 9.17) is 5.73 Å². The van der Waals surface area contributed by atoms with Crippen molar-refractivity contribution >= 4 is 5.78 Å². The number of Topliss-reactive ketones (excluding diaryl/α,β-unsaturated/α-hetero) is 1. The fourth-order valence-electron chi connectivity index (χ4n) is 2.59. The molecule has 21 heavy (non-hydrogen) atoms. The van der Waals surface area contributed by atoms with Gasteiger partial charge in [0.2, 0.25) is 0 Å². The summed E-state index contributed by atoms with van der Waals surface area (Å²) in [5.74, 6) is 0.370. The number of carbonyl (C=O) groups is 1. The van der Waals surface area contributed by atoms with E-state index in [0.717, 1.165) is 24.8 Å². The minimum Gasteiger partial charge on any atom is -0.324 e. The molecule has 0 amide bonds. The molecule has 2 nitrogen and oxygen atoms in total. The van der Waals surface area contributed by atoms with E-state index in [2.05, 4.69) is 6.92 Å². The van der Waals surface area contributed by atoms with Crippen molar-refractivity contribution in [2.24, 2.45) is 5.73 Å². The first-order chi connectivity index (χ1) is 10.2. The van der Waals surface area contributed by atoms with Crippen LogP contribution in [0.15, 0.2) is 30.3 Å². The Morgan fingerprint density at radius 2 is 1.57 bits per heavy atom. The van der Waals surface area contributed by atoms with E-state index < -0.39 is 0 Å². The van der Waals surface area contributed by atoms with E-state index in [-0.39, 0.29) is 6.04 Å². The number of carbonyl (C=O) groups excluding carboxylic acids is 1. The predicted molar refractivity (Wildman–Crippen MR) is 90.2 cm³/mol. The number of benzene rings is 1. The second-order valence-corrected chi connectivity index (χ2v) is 5.97. The van der Waals surface area contributed by atoms with Gasteiger partial charge < -0.3 is 5.73 Å². The third kappa shape index (κ3) is 8.67. The SMILES string of the molecule is CCCCCCCCCC(=O)CCC(N)c1ccccc1. The summed E-state index contributed by atoms with van der Waals surface area (Å²) < 4.78 is 0. The average Bonchev–Trinajstić information content (AvgIpc) is 2.52. The van der Waals surface area contributed by atoms with Crippen LogP contribution >= 0.6 is 0 Å². The molecule has 0 aromatic heterocycles. The fourth-order valence-corrected chi connectivity index (χ4v) is 2.59. The van der Waals surface area contributed by atoms with Crippen molar-refractivity contribution < 1.29 is 4.79 Å². The highest BCUT2D eigenvalue weighted by Crippen LogP contribution is 2.16. The van der Waals surface area contributed by atoms with Crippen LogP contribution in [0.5, 0.6) is 0 Å². The first-order valence-corrected chi connectivity index (χ1v) is 8.56. The van der Waals surface area contributed by atoms with Crippen molar-refractivity contribution in [2.45, 2.75) is 77.2 Å². The van der Waals surface area contributed by atoms with Gasteiger partial charge in [0, 0.05) is 18.9 Å². The third-order valence-corrected chi connectivity index (χ3v) is 4.02. The fraction of sp³-hybridized carbons (Fsp3) is 0.632. The van der Waals surface area contributed by atoms with E-state index in [9.17, 15) is 4.79 Å². The standard InChI is InChI=1S/C19H31NO/c1-2-3-4-5-6-7-11-14-18(21)15-16-19(20)17-12-9-8-10-13-17/h8-10,12-13,19H,2-7,11,14-16,20H2,1H3. The van der Waals surface area contributed by atoms with E-state index >= 15 is 0 Å². The molecule has 0 radical (unpaired) electrons. The van der Waals surface area contributed by atoms with Crippen LogP contribution in [0.1, 0.15) is 82.7 Å². The summed E-state index contributed by atoms with van der Waals surface area (Å²) in [6.45, 7) is 2.23. The molecule has 0 heterocycles. The van der Waals surface area contributed by atoms with Gasteiger partial charge in [0.25, 0.3) is 0 Å². The van der Waals surface area contributed by atoms with Crippen molar-refractivity contribution in [3.63, 3.8) is 0 Å². The quantitative estimate of drug-likeness (QED) is 0.539. The Labute approximate surface area is 130 Å². The minimum absolute atomic E-state index is 0.0100. The van der Waals surface area contributed by atoms with Crippen LogP contribution in [-0.2, 0) is 4.79 Å². The lowest BCUT2D eigenvalue weighted by atomic mass is 9.99. The summed E-state index contributed by atoms with van der Waals surface area (Å²) in [5.41, 5.74) is 7.24. The van der Waals surface area contributed by atoms with Crippen molar-refractivity contribution in [1.29, 1.82) is 0 Å². The molecule has 0 aliphatic carbocycles. The first kappa shape index (κ1) is 17.9. The van der Waals surface area contributed by atoms with Gasteiger partial charge in [0.1, 0.15) is 5.78 Å². The van der Waals surface area contributed by atoms with Crippen LogP contribution in [0.2, 0.25) is 0 Å². The normalized spacial score (nSPS) is 12.3. The second-order valence-electron chi connectivity index (χ2n) is 5.97. The summed E-state index contributed by atoms with van der Waals surface area (Å²) in [5, 5.41) is 0. The molecule has 1 aromatic carbocycles. The van der Waals surface area contributed by atoms with Crippen molar-refractivity contribution in [3.05, 3.63) is 35.9 Å². The zero-order valence-electron chi connectivity index (χ0n) is 13.5. The molecule has 1 rings (SSSR count). The monoisotopic (exact) mass is 289 g/mol. The summed E-state index contributed by atoms with van der Waals surface area (Å²) in [7, 11) is 0. The number of rotatable bonds is 12. The van der Waals surface area contributed by atoms with Gasteiger partial charge >= 0.3 is 0 Å². The van der Waals surface area contributed by atoms with Gasteiger partial charge in [-0.15, -0.1) is 0 Å². The van der Waals surface area contributed by atoms with Crippen LogP contribution in [0.4, 0.5) is 0 Å². The highest BCUT2D eigenvalue weighted by atomic mass is 16.1. The molecule has 0 bridgehead atoms. The van der Waals surface area contributed by atoms with Gasteiger partial charge in [-0.2, -0.15) is 0 Å². The highest BCUT2D eigenvalue weighted by molar-refractivity contribution is 5.78. The number of unbranched alkanes of at least 4 members (excludes halogenated alkanes) is 6. The number of hydrogen-bond donors (Lipinski definition) is 1. The smallest absolute Gasteiger partial charge is 0.132 e. The van der Waals surface area contributed by atoms with E-state index in [1.54, 1.807) is 0 Å². The lowest BCUT2D eigenvalue weighted by molar-refractivity contribution is -0.119. The third-order valence-electron chi connectivity index (χ3n) is 4.02. The van der Waals surface area contributed by atoms with E-state index in [1.165, 1.54) is 38.5 Å². The average molecular weight is 289 g/mol. The van der Waals surface area contributed by atoms with Crippen molar-refractivity contribution in [3.8, 4) is 0 Å². The first-order valence-electron chi connectivity index (χ1n) is 8.56. The molecular weight excluding hydrogens is 258 g/mol. The summed E-state index contributed by atoms with van der Waals surface area (Å²) in [6.07, 6.45) is 10.9. The lowest BCUT2D eigenvalue weighted by Crippen LogP contribution is -2.12. The molecule has 0 aliphatic heterocycles. The molecule has 2 heteroatoms. The molecule has 0 fully saturated rings. The maximum atomic E-state index is 11.9. The van der Waals surface area contributed by atoms with Crippen LogP contribution in [0.25, 0.3) is 0 Å². The largest absolute Gasteiger partial charge is 0.324 e. The maximum Gasteiger partial charge on any atom is 0.132 e. The zero-order chi connectivity index (χ0) is 15.3. The Bertz CT molecular complexity index is 374. The second kappa shape index (κ2) is 11.5. The molecule has 2 N–H and O–H groups in total. The van der Waals surface area contributed by atoms with Crippen LogP contribution in [0.3, 0.4) is 0 Å². The predicted octanol–water partition coefficient (Wildman–Crippen LogP) is 5.18. The van der Waals surface area contributed by atoms with Gasteiger partial charge in [-0.25, -0.2) is 0 Å². The van der Waals surface area contributed by atoms with Gasteiger partial charge in [-0.05, 0) is 18.4 Å². The summed E-state index contributed by atoms with van der Waals surface area (Å²) in [4.78, 5) is 11.9. The Balaban J connectivity index is 2.03. The van der Waals surface area contributed by atoms with Gasteiger partial charge in [-0.3, -0.25) is 4.79 Å². The molecule has 1 unspecified atom stereocenters. The van der Waals surface area contributed by atoms with Gasteiger partial charge in [-0.1, -0.05) is 75.8 Å². The molecule has 1 atom stereocenters. The summed E-state index contributed by atoms with van der Waals surface area (Å²) in [6, 6.07) is 10.0. The van der Waals surface area contributed by atoms with E-state index in [1.807, 2.05) is 30.3 Å². The Hall–Kier alpha value is -1.15. The van der Waals surface area contributed by atoms with Crippen LogP contribution in [-0.4, -0.2) is 5.78 Å². The van der Waals surface area contributed by atoms with Gasteiger partial charge in [0.15, 0.2) is 0 Å². The Morgan fingerprint density at radius 3 is 2.24 bits per heavy atom. The Kier molecular flexibility index (Phi) is 9.81. The maximum absolute atomic E-state index is 11.9. The lowest BCUT2D eigenvalue weighted by Gasteiger charge is -2.11. The zero-order valence-corrected chi connectivity index (χ0v) is 13.5. The van der Waals surface area contributed by atoms with Crippen molar-refractivity contribution in [1.82, 2.24) is 0 Å². The molecule has 1 aromatic rings. The minimum atomic E-state index is -0.0100. The Morgan fingerprint density at radius 1 is 0.952 bits per heavy atom. The topological polar surface area (TPSA) is 43.1 Å².